The molecule has 0 fully saturated rings. The number of aliphatic hydroxyl groups excluding tert-OH is 2. The van der Waals surface area contributed by atoms with Crippen molar-refractivity contribution >= 4 is 17.1 Å². The molecule has 0 bridgehead atoms. The first-order chi connectivity index (χ1) is 9.19. The lowest BCUT2D eigenvalue weighted by Gasteiger charge is -2.12. The molecule has 19 heavy (non-hydrogen) atoms. The van der Waals surface area contributed by atoms with Gasteiger partial charge in [0.25, 0.3) is 5.56 Å². The number of aromatic amines is 1. The van der Waals surface area contributed by atoms with Crippen LogP contribution in [0.4, 0.5) is 10.4 Å². The van der Waals surface area contributed by atoms with E-state index in [4.69, 9.17) is 14.9 Å². The molecule has 104 valence electrons. The van der Waals surface area contributed by atoms with Gasteiger partial charge in [0.05, 0.1) is 19.5 Å². The third-order valence-corrected chi connectivity index (χ3v) is 2.42. The van der Waals surface area contributed by atoms with Crippen molar-refractivity contribution in [2.75, 3.05) is 18.8 Å². The standard InChI is InChI=1S/C9H12FN5O4/c10-14-9-12-7-6(8(18)13-9)11-3-15(7)4-19-5(1-16)2-17/h3,5,16-17H,1-2,4H2,(H2,12,13,14,18). The van der Waals surface area contributed by atoms with Gasteiger partial charge in [0.1, 0.15) is 12.8 Å². The Morgan fingerprint density at radius 3 is 2.89 bits per heavy atom. The Morgan fingerprint density at radius 1 is 1.53 bits per heavy atom. The molecule has 2 aromatic heterocycles. The molecule has 9 nitrogen and oxygen atoms in total. The zero-order valence-electron chi connectivity index (χ0n) is 9.71. The maximum atomic E-state index is 12.3. The summed E-state index contributed by atoms with van der Waals surface area (Å²) in [5, 5.41) is 17.7. The number of fused-ring (bicyclic) bond motifs is 1. The minimum absolute atomic E-state index is 0.0344. The summed E-state index contributed by atoms with van der Waals surface area (Å²) in [5.74, 6) is -0.347. The van der Waals surface area contributed by atoms with E-state index in [2.05, 4.69) is 15.0 Å². The lowest BCUT2D eigenvalue weighted by Crippen LogP contribution is -2.23. The van der Waals surface area contributed by atoms with Crippen LogP contribution >= 0.6 is 0 Å². The number of ether oxygens (including phenoxy) is 1. The molecular formula is C9H12FN5O4. The molecule has 0 spiro atoms. The number of aromatic nitrogens is 4. The van der Waals surface area contributed by atoms with Crippen molar-refractivity contribution in [1.82, 2.24) is 19.5 Å². The van der Waals surface area contributed by atoms with Crippen molar-refractivity contribution in [3.05, 3.63) is 16.7 Å². The van der Waals surface area contributed by atoms with Crippen LogP contribution in [0, 0.1) is 0 Å². The van der Waals surface area contributed by atoms with Crippen molar-refractivity contribution in [3.8, 4) is 0 Å². The van der Waals surface area contributed by atoms with Gasteiger partial charge in [0.15, 0.2) is 11.2 Å². The summed E-state index contributed by atoms with van der Waals surface area (Å²) in [4.78, 5) is 21.3. The molecule has 2 heterocycles. The number of nitrogens with zero attached hydrogens (tertiary/aromatic N) is 3. The minimum atomic E-state index is -0.752. The number of imidazole rings is 1. The van der Waals surface area contributed by atoms with Crippen LogP contribution in [0.2, 0.25) is 0 Å². The van der Waals surface area contributed by atoms with Crippen LogP contribution in [0.25, 0.3) is 11.2 Å². The fourth-order valence-electron chi connectivity index (χ4n) is 1.44. The summed E-state index contributed by atoms with van der Waals surface area (Å²) in [6, 6.07) is 0. The smallest absolute Gasteiger partial charge is 0.280 e. The first-order valence-corrected chi connectivity index (χ1v) is 5.34. The number of aliphatic hydroxyl groups is 2. The number of nitrogens with one attached hydrogen (secondary N) is 2. The van der Waals surface area contributed by atoms with Gasteiger partial charge in [-0.05, 0) is 0 Å². The Labute approximate surface area is 105 Å². The molecule has 0 aliphatic rings. The predicted octanol–water partition coefficient (Wildman–Crippen LogP) is -1.26. The van der Waals surface area contributed by atoms with E-state index >= 15 is 0 Å². The molecule has 0 aromatic carbocycles. The summed E-state index contributed by atoms with van der Waals surface area (Å²) >= 11 is 0. The van der Waals surface area contributed by atoms with Crippen molar-refractivity contribution in [2.45, 2.75) is 12.8 Å². The molecule has 0 amide bonds. The van der Waals surface area contributed by atoms with Gasteiger partial charge in [-0.3, -0.25) is 14.3 Å². The first kappa shape index (κ1) is 13.4. The second kappa shape index (κ2) is 5.73. The van der Waals surface area contributed by atoms with E-state index in [1.165, 1.54) is 16.4 Å². The summed E-state index contributed by atoms with van der Waals surface area (Å²) in [5.41, 5.74) is 0.801. The fourth-order valence-corrected chi connectivity index (χ4v) is 1.44. The lowest BCUT2D eigenvalue weighted by atomic mass is 10.4. The average Bonchev–Trinajstić information content (AvgIpc) is 2.83. The van der Waals surface area contributed by atoms with Crippen LogP contribution < -0.4 is 11.1 Å². The molecule has 10 heteroatoms. The molecular weight excluding hydrogens is 261 g/mol. The molecule has 2 aromatic rings. The molecule has 2 rings (SSSR count). The largest absolute Gasteiger partial charge is 0.394 e. The summed E-state index contributed by atoms with van der Waals surface area (Å²) in [6.07, 6.45) is 0.541. The van der Waals surface area contributed by atoms with Crippen molar-refractivity contribution in [2.24, 2.45) is 0 Å². The van der Waals surface area contributed by atoms with E-state index in [0.717, 1.165) is 0 Å². The number of hydrogen-bond acceptors (Lipinski definition) is 7. The van der Waals surface area contributed by atoms with E-state index in [1.54, 1.807) is 0 Å². The van der Waals surface area contributed by atoms with Gasteiger partial charge in [-0.1, -0.05) is 0 Å². The topological polar surface area (TPSA) is 125 Å². The van der Waals surface area contributed by atoms with Gasteiger partial charge in [0, 0.05) is 0 Å². The highest BCUT2D eigenvalue weighted by molar-refractivity contribution is 5.70. The van der Waals surface area contributed by atoms with Crippen LogP contribution in [0.3, 0.4) is 0 Å². The van der Waals surface area contributed by atoms with Crippen LogP contribution in [-0.4, -0.2) is 49.0 Å². The van der Waals surface area contributed by atoms with Gasteiger partial charge >= 0.3 is 0 Å². The van der Waals surface area contributed by atoms with Crippen LogP contribution in [-0.2, 0) is 11.5 Å². The normalized spacial score (nSPS) is 11.4. The number of rotatable bonds is 6. The highest BCUT2D eigenvalue weighted by atomic mass is 19.2. The zero-order chi connectivity index (χ0) is 13.8. The van der Waals surface area contributed by atoms with Gasteiger partial charge in [0.2, 0.25) is 5.95 Å². The zero-order valence-corrected chi connectivity index (χ0v) is 9.71. The number of hydrogen-bond donors (Lipinski definition) is 4. The van der Waals surface area contributed by atoms with E-state index in [1.807, 2.05) is 0 Å². The molecule has 0 aliphatic carbocycles. The van der Waals surface area contributed by atoms with E-state index in [0.29, 0.717) is 0 Å². The number of H-pyrrole nitrogens is 1. The molecule has 0 aliphatic heterocycles. The molecule has 0 radical (unpaired) electrons. The molecule has 0 unspecified atom stereocenters. The Morgan fingerprint density at radius 2 is 2.26 bits per heavy atom. The van der Waals surface area contributed by atoms with Crippen molar-refractivity contribution in [1.29, 1.82) is 0 Å². The Bertz CT molecular complexity index is 608. The van der Waals surface area contributed by atoms with E-state index in [9.17, 15) is 9.28 Å². The quantitative estimate of drug-likeness (QED) is 0.484. The highest BCUT2D eigenvalue weighted by Crippen LogP contribution is 2.08. The molecule has 0 atom stereocenters. The lowest BCUT2D eigenvalue weighted by molar-refractivity contribution is -0.0488. The van der Waals surface area contributed by atoms with Crippen LogP contribution in [0.1, 0.15) is 0 Å². The van der Waals surface area contributed by atoms with Gasteiger partial charge in [-0.15, -0.1) is 4.48 Å². The Hall–Kier alpha value is -2.04. The Kier molecular flexibility index (Phi) is 4.04. The number of halogens is 1. The molecule has 0 saturated heterocycles. The third kappa shape index (κ3) is 2.70. The summed E-state index contributed by atoms with van der Waals surface area (Å²) in [7, 11) is 0. The minimum Gasteiger partial charge on any atom is -0.394 e. The predicted molar refractivity (Wildman–Crippen MR) is 61.9 cm³/mol. The molecule has 4 N–H and O–H groups in total. The maximum absolute atomic E-state index is 12.3. The fraction of sp³-hybridized carbons (Fsp3) is 0.444. The second-order valence-corrected chi connectivity index (χ2v) is 3.68. The monoisotopic (exact) mass is 273 g/mol. The molecule has 0 saturated carbocycles. The van der Waals surface area contributed by atoms with Crippen LogP contribution in [0.5, 0.6) is 0 Å². The van der Waals surface area contributed by atoms with Crippen molar-refractivity contribution in [3.63, 3.8) is 0 Å². The van der Waals surface area contributed by atoms with Crippen LogP contribution in [0.15, 0.2) is 11.1 Å². The SMILES string of the molecule is O=c1[nH]c(NF)nc2c1ncn2COC(CO)CO. The average molecular weight is 273 g/mol. The highest BCUT2D eigenvalue weighted by Gasteiger charge is 2.12. The van der Waals surface area contributed by atoms with Gasteiger partial charge in [-0.25, -0.2) is 4.98 Å². The van der Waals surface area contributed by atoms with Gasteiger partial charge < -0.3 is 14.9 Å². The third-order valence-electron chi connectivity index (χ3n) is 2.42. The maximum Gasteiger partial charge on any atom is 0.280 e. The van der Waals surface area contributed by atoms with Gasteiger partial charge in [-0.2, -0.15) is 10.5 Å². The second-order valence-electron chi connectivity index (χ2n) is 3.68. The van der Waals surface area contributed by atoms with E-state index < -0.39 is 11.7 Å². The number of anilines is 1. The first-order valence-electron chi connectivity index (χ1n) is 5.34. The Balaban J connectivity index is 2.29. The summed E-state index contributed by atoms with van der Waals surface area (Å²) in [6.45, 7) is -0.798. The van der Waals surface area contributed by atoms with E-state index in [-0.39, 0.29) is 37.1 Å². The van der Waals surface area contributed by atoms with Crippen molar-refractivity contribution < 1.29 is 19.4 Å². The summed E-state index contributed by atoms with van der Waals surface area (Å²) < 4.78 is 18.8.